The summed E-state index contributed by atoms with van der Waals surface area (Å²) in [6, 6.07) is 18.9. The largest absolute Gasteiger partial charge is 0.497 e. The molecule has 0 unspecified atom stereocenters. The molecule has 5 aromatic rings. The number of hydrogen-bond donors (Lipinski definition) is 1. The number of imidazole rings is 1. The highest BCUT2D eigenvalue weighted by Gasteiger charge is 2.51. The highest BCUT2D eigenvalue weighted by Crippen LogP contribution is 2.37. The van der Waals surface area contributed by atoms with Gasteiger partial charge in [-0.05, 0) is 72.8 Å². The van der Waals surface area contributed by atoms with Gasteiger partial charge in [0.05, 0.1) is 50.7 Å². The van der Waals surface area contributed by atoms with E-state index in [4.69, 9.17) is 45.4 Å². The Hall–Kier alpha value is -5.80. The van der Waals surface area contributed by atoms with Crippen molar-refractivity contribution in [2.75, 3.05) is 27.9 Å². The average Bonchev–Trinajstić information content (AvgIpc) is 3.72. The van der Waals surface area contributed by atoms with Gasteiger partial charge in [-0.15, -0.1) is 0 Å². The van der Waals surface area contributed by atoms with Crippen LogP contribution in [0.3, 0.4) is 0 Å². The fraction of sp³-hybridized carbons (Fsp3) is 0.235. The first-order valence-electron chi connectivity index (χ1n) is 14.9. The number of methoxy groups -OCH3 is 3. The number of carbonyl (C=O) groups excluding carboxylic acids is 3. The van der Waals surface area contributed by atoms with E-state index in [0.29, 0.717) is 28.4 Å². The number of aromatic amines is 1. The zero-order valence-corrected chi connectivity index (χ0v) is 27.2. The van der Waals surface area contributed by atoms with Crippen LogP contribution >= 0.6 is 12.2 Å². The molecule has 14 nitrogen and oxygen atoms in total. The van der Waals surface area contributed by atoms with Crippen molar-refractivity contribution >= 4 is 41.3 Å². The normalized spacial score (nSPS) is 18.4. The van der Waals surface area contributed by atoms with Gasteiger partial charge in [-0.1, -0.05) is 12.2 Å². The maximum Gasteiger partial charge on any atom is 0.338 e. The van der Waals surface area contributed by atoms with Crippen LogP contribution in [-0.2, 0) is 18.9 Å². The van der Waals surface area contributed by atoms with Crippen molar-refractivity contribution in [3.05, 3.63) is 107 Å². The third-order valence-corrected chi connectivity index (χ3v) is 8.08. The van der Waals surface area contributed by atoms with Crippen molar-refractivity contribution in [2.45, 2.75) is 24.5 Å². The van der Waals surface area contributed by atoms with Gasteiger partial charge in [0.15, 0.2) is 23.1 Å². The molecule has 2 aromatic heterocycles. The van der Waals surface area contributed by atoms with Gasteiger partial charge in [0, 0.05) is 0 Å². The molecule has 0 bridgehead atoms. The standard InChI is InChI=1S/C34H30N4O10S/c1-42-22-10-4-19(5-11-22)32(39)45-16-25-27(47-33(40)20-6-12-23(43-2)13-7-20)28(48-34(41)21-8-14-24(44-3)15-9-21)31(46-25)38-18-37-26-29(38)35-17-36-30(26)49/h4-15,17-18,25,27-28,31H,16H2,1-3H3,(H,35,36,49)/t25-,27+,28-,31+/m0/s1. The average molecular weight is 687 g/mol. The maximum absolute atomic E-state index is 13.6. The monoisotopic (exact) mass is 686 g/mol. The number of nitrogens with one attached hydrogen (secondary N) is 1. The van der Waals surface area contributed by atoms with E-state index in [-0.39, 0.29) is 27.9 Å². The van der Waals surface area contributed by atoms with E-state index in [2.05, 4.69) is 15.0 Å². The van der Waals surface area contributed by atoms with Crippen LogP contribution in [0.4, 0.5) is 0 Å². The van der Waals surface area contributed by atoms with Crippen LogP contribution in [0, 0.1) is 4.64 Å². The summed E-state index contributed by atoms with van der Waals surface area (Å²) in [7, 11) is 4.53. The van der Waals surface area contributed by atoms with Crippen LogP contribution in [0.25, 0.3) is 11.2 Å². The minimum absolute atomic E-state index is 0.196. The molecule has 252 valence electrons. The van der Waals surface area contributed by atoms with Gasteiger partial charge in [0.1, 0.15) is 41.1 Å². The first kappa shape index (κ1) is 33.1. The molecule has 0 aliphatic carbocycles. The van der Waals surface area contributed by atoms with Crippen molar-refractivity contribution in [1.29, 1.82) is 0 Å². The molecule has 0 saturated carbocycles. The molecule has 4 atom stereocenters. The number of rotatable bonds is 11. The second kappa shape index (κ2) is 14.5. The molecule has 1 fully saturated rings. The van der Waals surface area contributed by atoms with Crippen molar-refractivity contribution < 1.29 is 47.5 Å². The van der Waals surface area contributed by atoms with Crippen molar-refractivity contribution in [1.82, 2.24) is 19.5 Å². The number of benzene rings is 3. The first-order chi connectivity index (χ1) is 23.8. The molecule has 0 spiro atoms. The Morgan fingerprint density at radius 1 is 0.735 bits per heavy atom. The summed E-state index contributed by atoms with van der Waals surface area (Å²) in [6.45, 7) is -0.372. The smallest absolute Gasteiger partial charge is 0.338 e. The van der Waals surface area contributed by atoms with Crippen molar-refractivity contribution in [2.24, 2.45) is 0 Å². The van der Waals surface area contributed by atoms with E-state index in [1.807, 2.05) is 0 Å². The van der Waals surface area contributed by atoms with Gasteiger partial charge in [-0.25, -0.2) is 24.4 Å². The summed E-state index contributed by atoms with van der Waals surface area (Å²) < 4.78 is 41.5. The zero-order chi connectivity index (χ0) is 34.5. The number of esters is 3. The summed E-state index contributed by atoms with van der Waals surface area (Å²) in [5.41, 5.74) is 1.43. The zero-order valence-electron chi connectivity index (χ0n) is 26.4. The fourth-order valence-corrected chi connectivity index (χ4v) is 5.41. The predicted molar refractivity (Wildman–Crippen MR) is 174 cm³/mol. The van der Waals surface area contributed by atoms with Gasteiger partial charge in [0.2, 0.25) is 0 Å². The van der Waals surface area contributed by atoms with Gasteiger partial charge in [0.25, 0.3) is 0 Å². The van der Waals surface area contributed by atoms with Gasteiger partial charge in [-0.3, -0.25) is 4.57 Å². The topological polar surface area (TPSA) is 162 Å². The third-order valence-electron chi connectivity index (χ3n) is 7.78. The molecule has 3 heterocycles. The summed E-state index contributed by atoms with van der Waals surface area (Å²) in [4.78, 5) is 51.6. The van der Waals surface area contributed by atoms with Crippen molar-refractivity contribution in [3.63, 3.8) is 0 Å². The Labute approximate surface area is 284 Å². The van der Waals surface area contributed by atoms with E-state index < -0.39 is 42.4 Å². The molecule has 3 aromatic carbocycles. The van der Waals surface area contributed by atoms with Crippen LogP contribution in [0.1, 0.15) is 37.3 Å². The lowest BCUT2D eigenvalue weighted by atomic mass is 10.1. The van der Waals surface area contributed by atoms with E-state index >= 15 is 0 Å². The van der Waals surface area contributed by atoms with E-state index in [9.17, 15) is 14.4 Å². The number of hydrogen-bond acceptors (Lipinski definition) is 13. The molecule has 0 radical (unpaired) electrons. The quantitative estimate of drug-likeness (QED) is 0.116. The molecule has 6 rings (SSSR count). The fourth-order valence-electron chi connectivity index (χ4n) is 5.21. The molecule has 1 aliphatic rings. The van der Waals surface area contributed by atoms with E-state index in [1.54, 1.807) is 53.1 Å². The summed E-state index contributed by atoms with van der Waals surface area (Å²) >= 11 is 5.35. The molecule has 1 saturated heterocycles. The summed E-state index contributed by atoms with van der Waals surface area (Å²) in [5.74, 6) is -0.501. The lowest BCUT2D eigenvalue weighted by Crippen LogP contribution is -2.41. The Morgan fingerprint density at radius 3 is 1.73 bits per heavy atom. The lowest BCUT2D eigenvalue weighted by Gasteiger charge is -2.25. The van der Waals surface area contributed by atoms with Crippen LogP contribution < -0.4 is 14.2 Å². The lowest BCUT2D eigenvalue weighted by molar-refractivity contribution is -0.0606. The minimum Gasteiger partial charge on any atom is -0.497 e. The van der Waals surface area contributed by atoms with Crippen molar-refractivity contribution in [3.8, 4) is 17.2 Å². The van der Waals surface area contributed by atoms with Crippen LogP contribution in [0.2, 0.25) is 0 Å². The van der Waals surface area contributed by atoms with Crippen LogP contribution in [-0.4, -0.2) is 83.7 Å². The number of fused-ring (bicyclic) bond motifs is 1. The molecule has 49 heavy (non-hydrogen) atoms. The highest BCUT2D eigenvalue weighted by atomic mass is 32.1. The molecule has 0 amide bonds. The third kappa shape index (κ3) is 7.07. The number of ether oxygens (including phenoxy) is 7. The Morgan fingerprint density at radius 2 is 1.22 bits per heavy atom. The number of H-pyrrole nitrogens is 1. The summed E-state index contributed by atoms with van der Waals surface area (Å²) in [6.07, 6.45) is -1.94. The molecule has 1 N–H and O–H groups in total. The Balaban J connectivity index is 1.36. The number of carbonyl (C=O) groups is 3. The van der Waals surface area contributed by atoms with E-state index in [0.717, 1.165) is 0 Å². The van der Waals surface area contributed by atoms with Crippen LogP contribution in [0.5, 0.6) is 17.2 Å². The Kier molecular flexibility index (Phi) is 9.82. The number of nitrogens with zero attached hydrogens (tertiary/aromatic N) is 3. The van der Waals surface area contributed by atoms with Gasteiger partial charge < -0.3 is 38.1 Å². The molecular weight excluding hydrogens is 656 g/mol. The predicted octanol–water partition coefficient (Wildman–Crippen LogP) is 4.72. The van der Waals surface area contributed by atoms with Crippen LogP contribution in [0.15, 0.2) is 85.5 Å². The number of aromatic nitrogens is 4. The molecule has 15 heteroatoms. The van der Waals surface area contributed by atoms with E-state index in [1.165, 1.54) is 58.2 Å². The first-order valence-corrected chi connectivity index (χ1v) is 15.3. The maximum atomic E-state index is 13.6. The SMILES string of the molecule is COc1ccc(C(=O)OC[C@@H]2O[C@@H](n3cnc4c(=S)nc[nH]c43)[C@@H](OC(=O)c3ccc(OC)cc3)[C@@H]2OC(=O)c2ccc(OC)cc2)cc1. The Bertz CT molecular complexity index is 2010. The highest BCUT2D eigenvalue weighted by molar-refractivity contribution is 7.71. The second-order valence-electron chi connectivity index (χ2n) is 10.6. The molecular formula is C34H30N4O10S. The molecule has 1 aliphatic heterocycles. The summed E-state index contributed by atoms with van der Waals surface area (Å²) in [5, 5.41) is 0. The van der Waals surface area contributed by atoms with Gasteiger partial charge in [-0.2, -0.15) is 0 Å². The van der Waals surface area contributed by atoms with Gasteiger partial charge >= 0.3 is 17.9 Å². The second-order valence-corrected chi connectivity index (χ2v) is 11.0. The minimum atomic E-state index is -1.27.